The minimum atomic E-state index is 0.0762. The van der Waals surface area contributed by atoms with Crippen LogP contribution in [0.15, 0.2) is 11.6 Å². The van der Waals surface area contributed by atoms with Gasteiger partial charge >= 0.3 is 0 Å². The second-order valence-corrected chi connectivity index (χ2v) is 6.33. The average molecular weight is 263 g/mol. The molecule has 0 bridgehead atoms. The predicted molar refractivity (Wildman–Crippen MR) is 79.8 cm³/mol. The van der Waals surface area contributed by atoms with Crippen molar-refractivity contribution >= 4 is 5.91 Å². The van der Waals surface area contributed by atoms with Gasteiger partial charge in [0.25, 0.3) is 0 Å². The van der Waals surface area contributed by atoms with E-state index in [2.05, 4.69) is 18.3 Å². The summed E-state index contributed by atoms with van der Waals surface area (Å²) in [5.74, 6) is 2.13. The average Bonchev–Trinajstić information content (AvgIpc) is 2.48. The van der Waals surface area contributed by atoms with Gasteiger partial charge in [-0.3, -0.25) is 4.79 Å². The fraction of sp³-hybridized carbons (Fsp3) is 0.824. The Morgan fingerprint density at radius 1 is 1.26 bits per heavy atom. The van der Waals surface area contributed by atoms with Crippen LogP contribution in [0.2, 0.25) is 0 Å². The first-order chi connectivity index (χ1) is 9.22. The molecule has 2 aliphatic carbocycles. The number of amides is 1. The van der Waals surface area contributed by atoms with Crippen LogP contribution >= 0.6 is 0 Å². The molecule has 0 aromatic heterocycles. The SMILES string of the molecule is CCNC(=O)C(C)C1=CCC(C2CCCCC2)CC1. The van der Waals surface area contributed by atoms with Gasteiger partial charge in [0.15, 0.2) is 0 Å². The quantitative estimate of drug-likeness (QED) is 0.761. The summed E-state index contributed by atoms with van der Waals surface area (Å²) < 4.78 is 0. The Balaban J connectivity index is 1.86. The smallest absolute Gasteiger partial charge is 0.226 e. The van der Waals surface area contributed by atoms with Crippen LogP contribution in [0.1, 0.15) is 65.2 Å². The van der Waals surface area contributed by atoms with Crippen LogP contribution in [-0.4, -0.2) is 12.5 Å². The summed E-state index contributed by atoms with van der Waals surface area (Å²) in [5, 5.41) is 2.94. The Bertz CT molecular complexity index is 328. The van der Waals surface area contributed by atoms with Gasteiger partial charge in [-0.15, -0.1) is 0 Å². The van der Waals surface area contributed by atoms with Gasteiger partial charge in [-0.2, -0.15) is 0 Å². The Morgan fingerprint density at radius 3 is 2.58 bits per heavy atom. The third-order valence-corrected chi connectivity index (χ3v) is 5.10. The molecule has 2 heteroatoms. The summed E-state index contributed by atoms with van der Waals surface area (Å²) in [6.45, 7) is 4.78. The van der Waals surface area contributed by atoms with Crippen molar-refractivity contribution in [2.24, 2.45) is 17.8 Å². The Hall–Kier alpha value is -0.790. The molecule has 2 aliphatic rings. The fourth-order valence-corrected chi connectivity index (χ4v) is 3.80. The van der Waals surface area contributed by atoms with Gasteiger partial charge < -0.3 is 5.32 Å². The van der Waals surface area contributed by atoms with E-state index in [9.17, 15) is 4.79 Å². The molecule has 0 aromatic carbocycles. The van der Waals surface area contributed by atoms with E-state index in [0.717, 1.165) is 24.8 Å². The van der Waals surface area contributed by atoms with E-state index < -0.39 is 0 Å². The van der Waals surface area contributed by atoms with Crippen molar-refractivity contribution in [2.45, 2.75) is 65.2 Å². The predicted octanol–water partition coefficient (Wildman–Crippen LogP) is 4.07. The highest BCUT2D eigenvalue weighted by atomic mass is 16.1. The fourth-order valence-electron chi connectivity index (χ4n) is 3.80. The molecule has 0 aromatic rings. The van der Waals surface area contributed by atoms with E-state index in [0.29, 0.717) is 0 Å². The van der Waals surface area contributed by atoms with E-state index in [4.69, 9.17) is 0 Å². The van der Waals surface area contributed by atoms with E-state index >= 15 is 0 Å². The Labute approximate surface area is 118 Å². The van der Waals surface area contributed by atoms with Crippen LogP contribution in [0.3, 0.4) is 0 Å². The maximum atomic E-state index is 11.9. The van der Waals surface area contributed by atoms with Crippen LogP contribution in [0.25, 0.3) is 0 Å². The van der Waals surface area contributed by atoms with E-state index in [1.54, 1.807) is 0 Å². The number of nitrogens with one attached hydrogen (secondary N) is 1. The highest BCUT2D eigenvalue weighted by Gasteiger charge is 2.27. The molecule has 2 rings (SSSR count). The molecule has 2 unspecified atom stereocenters. The van der Waals surface area contributed by atoms with Crippen molar-refractivity contribution in [2.75, 3.05) is 6.54 Å². The first-order valence-electron chi connectivity index (χ1n) is 8.19. The summed E-state index contributed by atoms with van der Waals surface area (Å²) >= 11 is 0. The molecule has 0 aliphatic heterocycles. The summed E-state index contributed by atoms with van der Waals surface area (Å²) in [6, 6.07) is 0. The maximum absolute atomic E-state index is 11.9. The molecule has 1 N–H and O–H groups in total. The Kier molecular flexibility index (Phi) is 5.47. The number of rotatable bonds is 4. The third-order valence-electron chi connectivity index (χ3n) is 5.10. The molecule has 1 fully saturated rings. The summed E-state index contributed by atoms with van der Waals surface area (Å²) in [7, 11) is 0. The topological polar surface area (TPSA) is 29.1 Å². The first-order valence-corrected chi connectivity index (χ1v) is 8.19. The van der Waals surface area contributed by atoms with E-state index in [1.165, 1.54) is 50.5 Å². The van der Waals surface area contributed by atoms with Gasteiger partial charge in [0.2, 0.25) is 5.91 Å². The van der Waals surface area contributed by atoms with Crippen LogP contribution in [0, 0.1) is 17.8 Å². The molecule has 0 heterocycles. The van der Waals surface area contributed by atoms with E-state index in [1.807, 2.05) is 6.92 Å². The molecule has 0 radical (unpaired) electrons. The van der Waals surface area contributed by atoms with Crippen molar-refractivity contribution in [1.82, 2.24) is 5.32 Å². The normalized spacial score (nSPS) is 26.6. The first kappa shape index (κ1) is 14.6. The number of carbonyl (C=O) groups excluding carboxylic acids is 1. The lowest BCUT2D eigenvalue weighted by Crippen LogP contribution is -2.31. The van der Waals surface area contributed by atoms with Crippen molar-refractivity contribution in [3.8, 4) is 0 Å². The third kappa shape index (κ3) is 3.84. The zero-order valence-corrected chi connectivity index (χ0v) is 12.6. The largest absolute Gasteiger partial charge is 0.356 e. The summed E-state index contributed by atoms with van der Waals surface area (Å²) in [4.78, 5) is 11.9. The molecule has 19 heavy (non-hydrogen) atoms. The second kappa shape index (κ2) is 7.12. The lowest BCUT2D eigenvalue weighted by Gasteiger charge is -2.33. The van der Waals surface area contributed by atoms with Crippen LogP contribution in [0.5, 0.6) is 0 Å². The minimum absolute atomic E-state index is 0.0762. The van der Waals surface area contributed by atoms with Gasteiger partial charge in [0, 0.05) is 6.54 Å². The zero-order chi connectivity index (χ0) is 13.7. The van der Waals surface area contributed by atoms with Crippen molar-refractivity contribution in [3.63, 3.8) is 0 Å². The monoisotopic (exact) mass is 263 g/mol. The van der Waals surface area contributed by atoms with Gasteiger partial charge in [0.05, 0.1) is 5.92 Å². The number of carbonyl (C=O) groups is 1. The molecule has 0 spiro atoms. The molecular weight excluding hydrogens is 234 g/mol. The maximum Gasteiger partial charge on any atom is 0.226 e. The highest BCUT2D eigenvalue weighted by Crippen LogP contribution is 2.38. The second-order valence-electron chi connectivity index (χ2n) is 6.33. The highest BCUT2D eigenvalue weighted by molar-refractivity contribution is 5.81. The van der Waals surface area contributed by atoms with Gasteiger partial charge in [0.1, 0.15) is 0 Å². The zero-order valence-electron chi connectivity index (χ0n) is 12.6. The Morgan fingerprint density at radius 2 is 2.00 bits per heavy atom. The summed E-state index contributed by atoms with van der Waals surface area (Å²) in [6.07, 6.45) is 13.2. The van der Waals surface area contributed by atoms with Gasteiger partial charge in [-0.05, 0) is 44.9 Å². The van der Waals surface area contributed by atoms with Gasteiger partial charge in [-0.25, -0.2) is 0 Å². The molecule has 2 atom stereocenters. The van der Waals surface area contributed by atoms with Crippen LogP contribution in [-0.2, 0) is 4.79 Å². The number of hydrogen-bond donors (Lipinski definition) is 1. The van der Waals surface area contributed by atoms with Gasteiger partial charge in [-0.1, -0.05) is 43.8 Å². The lowest BCUT2D eigenvalue weighted by atomic mass is 9.73. The minimum Gasteiger partial charge on any atom is -0.356 e. The molecule has 1 saturated carbocycles. The number of allylic oxidation sites excluding steroid dienone is 1. The molecule has 0 saturated heterocycles. The molecule has 108 valence electrons. The number of hydrogen-bond acceptors (Lipinski definition) is 1. The molecular formula is C17H29NO. The van der Waals surface area contributed by atoms with Crippen molar-refractivity contribution < 1.29 is 4.79 Å². The van der Waals surface area contributed by atoms with Crippen LogP contribution < -0.4 is 5.32 Å². The summed E-state index contributed by atoms with van der Waals surface area (Å²) in [5.41, 5.74) is 1.37. The lowest BCUT2D eigenvalue weighted by molar-refractivity contribution is -0.123. The van der Waals surface area contributed by atoms with Crippen molar-refractivity contribution in [1.29, 1.82) is 0 Å². The molecule has 2 nitrogen and oxygen atoms in total. The molecule has 1 amide bonds. The van der Waals surface area contributed by atoms with Crippen LogP contribution in [0.4, 0.5) is 0 Å². The van der Waals surface area contributed by atoms with E-state index in [-0.39, 0.29) is 11.8 Å². The van der Waals surface area contributed by atoms with Crippen molar-refractivity contribution in [3.05, 3.63) is 11.6 Å². The standard InChI is InChI=1S/C17H29NO/c1-3-18-17(19)13(2)14-9-11-16(12-10-14)15-7-5-4-6-8-15/h9,13,15-16H,3-8,10-12H2,1-2H3,(H,18,19).